The second-order valence-electron chi connectivity index (χ2n) is 4.21. The molecule has 0 fully saturated rings. The number of nitrogens with two attached hydrogens (primary N) is 1. The fourth-order valence-electron chi connectivity index (χ4n) is 2.12. The minimum absolute atomic E-state index is 0. The molecule has 1 heterocycles. The lowest BCUT2D eigenvalue weighted by molar-refractivity contribution is 0.602. The van der Waals surface area contributed by atoms with Gasteiger partial charge in [-0.25, -0.2) is 13.4 Å². The molecule has 0 saturated heterocycles. The van der Waals surface area contributed by atoms with Crippen molar-refractivity contribution in [3.8, 4) is 11.3 Å². The first-order chi connectivity index (χ1) is 8.36. The number of aromatic nitrogens is 1. The van der Waals surface area contributed by atoms with Crippen LogP contribution >= 0.6 is 35.3 Å². The van der Waals surface area contributed by atoms with Crippen LogP contribution in [0.4, 0.5) is 5.13 Å². The summed E-state index contributed by atoms with van der Waals surface area (Å²) in [6, 6.07) is 3.30. The maximum atomic E-state index is 11.6. The van der Waals surface area contributed by atoms with Crippen LogP contribution in [-0.4, -0.2) is 19.7 Å². The van der Waals surface area contributed by atoms with E-state index in [2.05, 4.69) is 4.98 Å². The molecule has 0 unspecified atom stereocenters. The van der Waals surface area contributed by atoms with Gasteiger partial charge in [-0.1, -0.05) is 11.6 Å². The smallest absolute Gasteiger partial charge is 0.180 e. The molecule has 0 amide bonds. The van der Waals surface area contributed by atoms with Gasteiger partial charge in [-0.05, 0) is 17.7 Å². The molecular weight excluding hydrogens is 327 g/mol. The first-order valence-corrected chi connectivity index (χ1v) is 8.23. The van der Waals surface area contributed by atoms with Gasteiger partial charge in [0.05, 0.1) is 15.6 Å². The number of sulfone groups is 1. The van der Waals surface area contributed by atoms with Crippen molar-refractivity contribution in [3.63, 3.8) is 0 Å². The molecule has 102 valence electrons. The predicted octanol–water partition coefficient (Wildman–Crippen LogP) is 2.78. The van der Waals surface area contributed by atoms with Crippen LogP contribution in [0.3, 0.4) is 0 Å². The Morgan fingerprint density at radius 2 is 2.11 bits per heavy atom. The average molecular weight is 337 g/mol. The van der Waals surface area contributed by atoms with Crippen molar-refractivity contribution < 1.29 is 8.42 Å². The van der Waals surface area contributed by atoms with E-state index in [1.54, 1.807) is 12.1 Å². The Morgan fingerprint density at radius 1 is 1.42 bits per heavy atom. The number of nitrogen functional groups attached to an aromatic ring is 1. The highest BCUT2D eigenvalue weighted by molar-refractivity contribution is 7.90. The molecule has 0 radical (unpaired) electrons. The van der Waals surface area contributed by atoms with E-state index in [0.29, 0.717) is 11.6 Å². The number of thiazole rings is 1. The van der Waals surface area contributed by atoms with E-state index in [-0.39, 0.29) is 22.3 Å². The number of rotatable bonds is 1. The summed E-state index contributed by atoms with van der Waals surface area (Å²) >= 11 is 7.44. The number of hydrogen-bond donors (Lipinski definition) is 1. The summed E-state index contributed by atoms with van der Waals surface area (Å²) in [6.07, 6.45) is 1.86. The van der Waals surface area contributed by atoms with Crippen LogP contribution in [0.5, 0.6) is 0 Å². The monoisotopic (exact) mass is 336 g/mol. The summed E-state index contributed by atoms with van der Waals surface area (Å²) < 4.78 is 23.3. The van der Waals surface area contributed by atoms with E-state index >= 15 is 0 Å². The normalized spacial score (nSPS) is 12.7. The van der Waals surface area contributed by atoms with Crippen LogP contribution in [0.25, 0.3) is 11.3 Å². The van der Waals surface area contributed by atoms with E-state index in [9.17, 15) is 8.42 Å². The lowest BCUT2D eigenvalue weighted by Crippen LogP contribution is -1.99. The molecule has 8 heteroatoms. The minimum atomic E-state index is -3.34. The lowest BCUT2D eigenvalue weighted by atomic mass is 10.1. The van der Waals surface area contributed by atoms with Crippen LogP contribution < -0.4 is 5.73 Å². The summed E-state index contributed by atoms with van der Waals surface area (Å²) in [6.45, 7) is 0. The van der Waals surface area contributed by atoms with Gasteiger partial charge in [-0.2, -0.15) is 0 Å². The van der Waals surface area contributed by atoms with Crippen molar-refractivity contribution in [1.29, 1.82) is 0 Å². The van der Waals surface area contributed by atoms with Crippen molar-refractivity contribution in [3.05, 3.63) is 27.6 Å². The molecule has 1 aromatic heterocycles. The van der Waals surface area contributed by atoms with Gasteiger partial charge in [-0.3, -0.25) is 0 Å². The van der Waals surface area contributed by atoms with Crippen LogP contribution in [-0.2, 0) is 16.3 Å². The molecule has 3 rings (SSSR count). The minimum Gasteiger partial charge on any atom is -0.375 e. The quantitative estimate of drug-likeness (QED) is 0.741. The standard InChI is InChI=1S/C11H9ClN2O2S2.ClH/c1-18(15,16)9-4-6-5(2-7(9)12)3-8-10(6)14-11(13)17-8;/h2,4H,3H2,1H3,(H2,13,14);1H. The average Bonchev–Trinajstić information content (AvgIpc) is 2.70. The molecule has 4 nitrogen and oxygen atoms in total. The first-order valence-electron chi connectivity index (χ1n) is 5.14. The highest BCUT2D eigenvalue weighted by Crippen LogP contribution is 2.42. The van der Waals surface area contributed by atoms with Crippen LogP contribution in [0.15, 0.2) is 17.0 Å². The van der Waals surface area contributed by atoms with Gasteiger partial charge >= 0.3 is 0 Å². The van der Waals surface area contributed by atoms with Gasteiger partial charge in [0.15, 0.2) is 15.0 Å². The molecule has 19 heavy (non-hydrogen) atoms. The fourth-order valence-corrected chi connectivity index (χ4v) is 4.34. The number of fused-ring (bicyclic) bond motifs is 3. The maximum absolute atomic E-state index is 11.6. The second-order valence-corrected chi connectivity index (χ2v) is 7.72. The zero-order valence-electron chi connectivity index (χ0n) is 9.81. The van der Waals surface area contributed by atoms with Crippen molar-refractivity contribution in [2.45, 2.75) is 11.3 Å². The zero-order valence-corrected chi connectivity index (χ0v) is 13.0. The molecule has 0 atom stereocenters. The molecule has 0 bridgehead atoms. The van der Waals surface area contributed by atoms with Gasteiger partial charge in [0.25, 0.3) is 0 Å². The molecule has 1 aromatic carbocycles. The largest absolute Gasteiger partial charge is 0.375 e. The number of halogens is 2. The number of benzene rings is 1. The van der Waals surface area contributed by atoms with E-state index < -0.39 is 9.84 Å². The summed E-state index contributed by atoms with van der Waals surface area (Å²) in [5.41, 5.74) is 8.27. The van der Waals surface area contributed by atoms with Crippen LogP contribution in [0, 0.1) is 0 Å². The maximum Gasteiger partial charge on any atom is 0.180 e. The lowest BCUT2D eigenvalue weighted by Gasteiger charge is -2.06. The fraction of sp³-hybridized carbons (Fsp3) is 0.182. The Morgan fingerprint density at radius 3 is 2.74 bits per heavy atom. The van der Waals surface area contributed by atoms with Gasteiger partial charge in [0, 0.05) is 23.1 Å². The molecule has 2 N–H and O–H groups in total. The molecule has 1 aliphatic rings. The van der Waals surface area contributed by atoms with Crippen molar-refractivity contribution in [2.24, 2.45) is 0 Å². The first kappa shape index (κ1) is 14.6. The van der Waals surface area contributed by atoms with Gasteiger partial charge in [0.1, 0.15) is 0 Å². The molecular formula is C11H10Cl2N2O2S2. The van der Waals surface area contributed by atoms with Crippen LogP contribution in [0.2, 0.25) is 5.02 Å². The topological polar surface area (TPSA) is 73.0 Å². The van der Waals surface area contributed by atoms with Gasteiger partial charge in [0.2, 0.25) is 0 Å². The van der Waals surface area contributed by atoms with E-state index in [1.165, 1.54) is 11.3 Å². The number of nitrogens with zero attached hydrogens (tertiary/aromatic N) is 1. The summed E-state index contributed by atoms with van der Waals surface area (Å²) in [7, 11) is -3.34. The molecule has 0 saturated carbocycles. The van der Waals surface area contributed by atoms with Gasteiger partial charge < -0.3 is 5.73 Å². The molecule has 1 aliphatic carbocycles. The third kappa shape index (κ3) is 2.33. The number of anilines is 1. The van der Waals surface area contributed by atoms with Crippen molar-refractivity contribution in [2.75, 3.05) is 12.0 Å². The Labute approximate surface area is 125 Å². The molecule has 2 aromatic rings. The SMILES string of the molecule is CS(=O)(=O)c1cc2c(cc1Cl)Cc1sc(N)nc1-2.Cl. The van der Waals surface area contributed by atoms with E-state index in [4.69, 9.17) is 17.3 Å². The summed E-state index contributed by atoms with van der Waals surface area (Å²) in [4.78, 5) is 5.44. The van der Waals surface area contributed by atoms with Gasteiger partial charge in [-0.15, -0.1) is 23.7 Å². The summed E-state index contributed by atoms with van der Waals surface area (Å²) in [5, 5.41) is 0.765. The highest BCUT2D eigenvalue weighted by atomic mass is 35.5. The van der Waals surface area contributed by atoms with E-state index in [1.807, 2.05) is 0 Å². The van der Waals surface area contributed by atoms with Crippen molar-refractivity contribution in [1.82, 2.24) is 4.98 Å². The van der Waals surface area contributed by atoms with Crippen LogP contribution in [0.1, 0.15) is 10.4 Å². The number of hydrogen-bond acceptors (Lipinski definition) is 5. The Bertz CT molecular complexity index is 769. The summed E-state index contributed by atoms with van der Waals surface area (Å²) in [5.74, 6) is 0. The highest BCUT2D eigenvalue weighted by Gasteiger charge is 2.26. The third-order valence-electron chi connectivity index (χ3n) is 2.88. The van der Waals surface area contributed by atoms with E-state index in [0.717, 1.165) is 28.0 Å². The Kier molecular flexibility index (Phi) is 3.55. The third-order valence-corrected chi connectivity index (χ3v) is 5.32. The molecule has 0 aliphatic heterocycles. The predicted molar refractivity (Wildman–Crippen MR) is 80.1 cm³/mol. The zero-order chi connectivity index (χ0) is 13.1. The Balaban J connectivity index is 0.00000133. The second kappa shape index (κ2) is 4.63. The molecule has 0 spiro atoms. The Hall–Kier alpha value is -0.820. The van der Waals surface area contributed by atoms with Crippen molar-refractivity contribution >= 4 is 50.3 Å².